The van der Waals surface area contributed by atoms with Gasteiger partial charge in [0.1, 0.15) is 4.90 Å². The molecule has 146 valence electrons. The smallest absolute Gasteiger partial charge is 0.253 e. The minimum atomic E-state index is -3.86. The third-order valence-corrected chi connectivity index (χ3v) is 6.09. The Kier molecular flexibility index (Phi) is 7.28. The van der Waals surface area contributed by atoms with E-state index in [-0.39, 0.29) is 39.0 Å². The summed E-state index contributed by atoms with van der Waals surface area (Å²) in [6.07, 6.45) is 0. The summed E-state index contributed by atoms with van der Waals surface area (Å²) >= 11 is 12.2. The Hall–Kier alpha value is -1.60. The van der Waals surface area contributed by atoms with Crippen molar-refractivity contribution in [2.75, 3.05) is 6.54 Å². The molecule has 1 unspecified atom stereocenters. The van der Waals surface area contributed by atoms with E-state index in [4.69, 9.17) is 23.2 Å². The first-order valence-electron chi connectivity index (χ1n) is 8.46. The van der Waals surface area contributed by atoms with Crippen molar-refractivity contribution < 1.29 is 13.2 Å². The van der Waals surface area contributed by atoms with Crippen molar-refractivity contribution in [2.24, 2.45) is 5.92 Å². The fourth-order valence-electron chi connectivity index (χ4n) is 2.36. The second-order valence-electron chi connectivity index (χ2n) is 6.61. The molecular formula is C19H22Cl2N2O3S. The van der Waals surface area contributed by atoms with E-state index in [1.54, 1.807) is 0 Å². The van der Waals surface area contributed by atoms with Crippen LogP contribution in [0.15, 0.2) is 47.4 Å². The topological polar surface area (TPSA) is 75.3 Å². The Morgan fingerprint density at radius 3 is 2.26 bits per heavy atom. The van der Waals surface area contributed by atoms with Gasteiger partial charge in [0, 0.05) is 6.54 Å². The van der Waals surface area contributed by atoms with Gasteiger partial charge in [-0.1, -0.05) is 67.4 Å². The van der Waals surface area contributed by atoms with Crippen molar-refractivity contribution in [1.29, 1.82) is 0 Å². The fraction of sp³-hybridized carbons (Fsp3) is 0.316. The highest BCUT2D eigenvalue weighted by Crippen LogP contribution is 2.29. The van der Waals surface area contributed by atoms with Crippen LogP contribution in [0.1, 0.15) is 42.7 Å². The summed E-state index contributed by atoms with van der Waals surface area (Å²) in [6, 6.07) is 11.6. The molecule has 0 heterocycles. The molecule has 0 radical (unpaired) electrons. The van der Waals surface area contributed by atoms with Crippen LogP contribution in [0.2, 0.25) is 10.0 Å². The van der Waals surface area contributed by atoms with E-state index in [1.165, 1.54) is 12.1 Å². The number of hydrogen-bond donors (Lipinski definition) is 2. The van der Waals surface area contributed by atoms with Gasteiger partial charge in [0.15, 0.2) is 0 Å². The quantitative estimate of drug-likeness (QED) is 0.684. The summed E-state index contributed by atoms with van der Waals surface area (Å²) in [5, 5.41) is 2.87. The molecule has 0 bridgehead atoms. The van der Waals surface area contributed by atoms with Gasteiger partial charge in [-0.25, -0.2) is 13.1 Å². The first-order valence-corrected chi connectivity index (χ1v) is 10.7. The van der Waals surface area contributed by atoms with Gasteiger partial charge in [-0.2, -0.15) is 0 Å². The third-order valence-electron chi connectivity index (χ3n) is 3.88. The number of amides is 1. The first kappa shape index (κ1) is 21.7. The maximum atomic E-state index is 12.7. The Morgan fingerprint density at radius 2 is 1.67 bits per heavy atom. The molecule has 1 amide bonds. The van der Waals surface area contributed by atoms with E-state index in [0.717, 1.165) is 5.56 Å². The molecule has 0 fully saturated rings. The van der Waals surface area contributed by atoms with Gasteiger partial charge in [-0.05, 0) is 30.5 Å². The number of carbonyl (C=O) groups excluding carboxylic acids is 1. The van der Waals surface area contributed by atoms with E-state index < -0.39 is 15.9 Å². The monoisotopic (exact) mass is 428 g/mol. The lowest BCUT2D eigenvalue weighted by molar-refractivity contribution is 0.0940. The largest absolute Gasteiger partial charge is 0.345 e. The molecule has 0 aromatic heterocycles. The molecule has 2 aromatic rings. The minimum absolute atomic E-state index is 0.0380. The van der Waals surface area contributed by atoms with Crippen LogP contribution in [0.5, 0.6) is 0 Å². The molecule has 0 aliphatic heterocycles. The summed E-state index contributed by atoms with van der Waals surface area (Å²) in [7, 11) is -3.86. The Bertz CT molecular complexity index is 916. The summed E-state index contributed by atoms with van der Waals surface area (Å²) in [5.74, 6) is -0.353. The summed E-state index contributed by atoms with van der Waals surface area (Å²) < 4.78 is 27.5. The molecule has 0 saturated heterocycles. The average molecular weight is 429 g/mol. The number of sulfonamides is 1. The number of benzene rings is 2. The zero-order valence-electron chi connectivity index (χ0n) is 15.3. The molecule has 0 saturated carbocycles. The normalized spacial score (nSPS) is 12.8. The minimum Gasteiger partial charge on any atom is -0.345 e. The number of carbonyl (C=O) groups is 1. The van der Waals surface area contributed by atoms with Crippen molar-refractivity contribution >= 4 is 39.1 Å². The lowest BCUT2D eigenvalue weighted by Gasteiger charge is -2.16. The highest BCUT2D eigenvalue weighted by Gasteiger charge is 2.23. The molecule has 8 heteroatoms. The van der Waals surface area contributed by atoms with Crippen molar-refractivity contribution in [3.8, 4) is 0 Å². The third kappa shape index (κ3) is 5.69. The van der Waals surface area contributed by atoms with Crippen LogP contribution >= 0.6 is 23.2 Å². The molecule has 0 spiro atoms. The first-order chi connectivity index (χ1) is 12.6. The van der Waals surface area contributed by atoms with Crippen LogP contribution < -0.4 is 10.0 Å². The van der Waals surface area contributed by atoms with Crippen LogP contribution in [-0.2, 0) is 10.0 Å². The molecule has 0 aliphatic carbocycles. The van der Waals surface area contributed by atoms with E-state index in [9.17, 15) is 13.2 Å². The number of rotatable bonds is 7. The lowest BCUT2D eigenvalue weighted by atomic mass is 10.1. The van der Waals surface area contributed by atoms with Crippen molar-refractivity contribution in [2.45, 2.75) is 31.7 Å². The molecule has 1 atom stereocenters. The second-order valence-corrected chi connectivity index (χ2v) is 9.16. The zero-order valence-corrected chi connectivity index (χ0v) is 17.6. The summed E-state index contributed by atoms with van der Waals surface area (Å²) in [6.45, 7) is 5.86. The van der Waals surface area contributed by atoms with Crippen molar-refractivity contribution in [3.05, 3.63) is 63.6 Å². The van der Waals surface area contributed by atoms with Gasteiger partial charge in [-0.3, -0.25) is 4.79 Å². The van der Waals surface area contributed by atoms with E-state index in [0.29, 0.717) is 0 Å². The average Bonchev–Trinajstić information content (AvgIpc) is 2.60. The standard InChI is InChI=1S/C19H22Cl2N2O3S/c1-12(2)11-22-27(25,26)18-9-15(16(20)10-17(18)21)19(24)23-13(3)14-7-5-4-6-8-14/h4-10,12-13,22H,11H2,1-3H3,(H,23,24). The summed E-state index contributed by atoms with van der Waals surface area (Å²) in [4.78, 5) is 12.5. The Balaban J connectivity index is 2.30. The van der Waals surface area contributed by atoms with Gasteiger partial charge in [0.05, 0.1) is 21.7 Å². The van der Waals surface area contributed by atoms with Crippen molar-refractivity contribution in [1.82, 2.24) is 10.0 Å². The highest BCUT2D eigenvalue weighted by molar-refractivity contribution is 7.89. The summed E-state index contributed by atoms with van der Waals surface area (Å²) in [5.41, 5.74) is 0.969. The predicted octanol–water partition coefficient (Wildman–Crippen LogP) is 4.42. The van der Waals surface area contributed by atoms with E-state index >= 15 is 0 Å². The lowest BCUT2D eigenvalue weighted by Crippen LogP contribution is -2.29. The number of hydrogen-bond acceptors (Lipinski definition) is 3. The molecule has 2 aromatic carbocycles. The van der Waals surface area contributed by atoms with E-state index in [2.05, 4.69) is 10.0 Å². The van der Waals surface area contributed by atoms with Crippen LogP contribution in [0.25, 0.3) is 0 Å². The van der Waals surface area contributed by atoms with Gasteiger partial charge in [0.25, 0.3) is 5.91 Å². The van der Waals surface area contributed by atoms with Gasteiger partial charge in [-0.15, -0.1) is 0 Å². The Labute approximate surface area is 170 Å². The maximum Gasteiger partial charge on any atom is 0.253 e. The molecule has 5 nitrogen and oxygen atoms in total. The predicted molar refractivity (Wildman–Crippen MR) is 109 cm³/mol. The van der Waals surface area contributed by atoms with Gasteiger partial charge >= 0.3 is 0 Å². The molecule has 0 aliphatic rings. The van der Waals surface area contributed by atoms with Crippen LogP contribution in [-0.4, -0.2) is 20.9 Å². The maximum absolute atomic E-state index is 12.7. The highest BCUT2D eigenvalue weighted by atomic mass is 35.5. The van der Waals surface area contributed by atoms with Gasteiger partial charge in [0.2, 0.25) is 10.0 Å². The van der Waals surface area contributed by atoms with Crippen molar-refractivity contribution in [3.63, 3.8) is 0 Å². The number of nitrogens with one attached hydrogen (secondary N) is 2. The molecule has 27 heavy (non-hydrogen) atoms. The molecule has 2 N–H and O–H groups in total. The molecule has 2 rings (SSSR count). The van der Waals surface area contributed by atoms with Crippen LogP contribution in [0.3, 0.4) is 0 Å². The van der Waals surface area contributed by atoms with E-state index in [1.807, 2.05) is 51.1 Å². The SMILES string of the molecule is CC(C)CNS(=O)(=O)c1cc(C(=O)NC(C)c2ccccc2)c(Cl)cc1Cl. The Morgan fingerprint density at radius 1 is 1.04 bits per heavy atom. The van der Waals surface area contributed by atoms with Crippen LogP contribution in [0, 0.1) is 5.92 Å². The zero-order chi connectivity index (χ0) is 20.2. The number of halogens is 2. The molecular weight excluding hydrogens is 407 g/mol. The van der Waals surface area contributed by atoms with Crippen LogP contribution in [0.4, 0.5) is 0 Å². The fourth-order valence-corrected chi connectivity index (χ4v) is 4.43. The second kappa shape index (κ2) is 9.06. The van der Waals surface area contributed by atoms with Gasteiger partial charge < -0.3 is 5.32 Å².